The molecule has 24 heavy (non-hydrogen) atoms. The van der Waals surface area contributed by atoms with Crippen LogP contribution in [0.5, 0.6) is 5.75 Å². The Morgan fingerprint density at radius 3 is 2.88 bits per heavy atom. The second-order valence-electron chi connectivity index (χ2n) is 5.86. The van der Waals surface area contributed by atoms with Crippen molar-refractivity contribution in [3.63, 3.8) is 0 Å². The summed E-state index contributed by atoms with van der Waals surface area (Å²) in [4.78, 5) is 14.1. The lowest BCUT2D eigenvalue weighted by molar-refractivity contribution is -0.131. The van der Waals surface area contributed by atoms with Gasteiger partial charge in [-0.2, -0.15) is 0 Å². The van der Waals surface area contributed by atoms with Crippen LogP contribution >= 0.6 is 11.6 Å². The molecule has 1 saturated carbocycles. The Bertz CT molecular complexity index is 716. The average molecular weight is 350 g/mol. The van der Waals surface area contributed by atoms with Gasteiger partial charge in [0.05, 0.1) is 25.7 Å². The zero-order valence-corrected chi connectivity index (χ0v) is 14.5. The van der Waals surface area contributed by atoms with Crippen molar-refractivity contribution >= 4 is 17.5 Å². The predicted octanol–water partition coefficient (Wildman–Crippen LogP) is 2.35. The first kappa shape index (κ1) is 16.7. The van der Waals surface area contributed by atoms with E-state index < -0.39 is 0 Å². The van der Waals surface area contributed by atoms with Gasteiger partial charge in [0.25, 0.3) is 0 Å². The maximum atomic E-state index is 12.4. The first-order valence-electron chi connectivity index (χ1n) is 7.90. The first-order valence-corrected chi connectivity index (χ1v) is 8.44. The van der Waals surface area contributed by atoms with E-state index in [1.807, 2.05) is 35.9 Å². The largest absolute Gasteiger partial charge is 0.496 e. The zero-order valence-electron chi connectivity index (χ0n) is 13.7. The second-order valence-corrected chi connectivity index (χ2v) is 6.12. The summed E-state index contributed by atoms with van der Waals surface area (Å²) < 4.78 is 7.21. The fourth-order valence-corrected chi connectivity index (χ4v) is 2.88. The molecule has 1 unspecified atom stereocenters. The number of benzene rings is 1. The number of nitrogens with zero attached hydrogens (tertiary/aromatic N) is 5. The predicted molar refractivity (Wildman–Crippen MR) is 88.8 cm³/mol. The van der Waals surface area contributed by atoms with Gasteiger partial charge in [0.2, 0.25) is 5.91 Å². The summed E-state index contributed by atoms with van der Waals surface area (Å²) in [5, 5.41) is 12.0. The molecule has 1 aliphatic carbocycles. The van der Waals surface area contributed by atoms with Crippen molar-refractivity contribution in [2.24, 2.45) is 0 Å². The Morgan fingerprint density at radius 2 is 2.21 bits per heavy atom. The van der Waals surface area contributed by atoms with Crippen molar-refractivity contribution in [2.45, 2.75) is 38.4 Å². The van der Waals surface area contributed by atoms with Gasteiger partial charge in [-0.1, -0.05) is 18.2 Å². The van der Waals surface area contributed by atoms with Crippen LogP contribution in [0.25, 0.3) is 0 Å². The van der Waals surface area contributed by atoms with E-state index in [0.29, 0.717) is 18.4 Å². The van der Waals surface area contributed by atoms with Crippen LogP contribution < -0.4 is 4.74 Å². The Kier molecular flexibility index (Phi) is 4.99. The fraction of sp³-hybridized carbons (Fsp3) is 0.500. The number of tetrazole rings is 1. The summed E-state index contributed by atoms with van der Waals surface area (Å²) in [6.45, 7) is 2.30. The molecule has 1 aromatic heterocycles. The molecule has 7 nitrogen and oxygen atoms in total. The highest BCUT2D eigenvalue weighted by Gasteiger charge is 2.32. The Morgan fingerprint density at radius 1 is 1.46 bits per heavy atom. The van der Waals surface area contributed by atoms with Crippen LogP contribution in [0.2, 0.25) is 0 Å². The average Bonchev–Trinajstić information content (AvgIpc) is 3.35. The van der Waals surface area contributed by atoms with E-state index in [1.54, 1.807) is 12.0 Å². The number of carbonyl (C=O) groups is 1. The molecule has 2 aromatic rings. The quantitative estimate of drug-likeness (QED) is 0.717. The van der Waals surface area contributed by atoms with Gasteiger partial charge >= 0.3 is 0 Å². The number of carbonyl (C=O) groups excluding carboxylic acids is 1. The number of alkyl halides is 1. The van der Waals surface area contributed by atoms with Gasteiger partial charge in [0, 0.05) is 5.56 Å². The number of methoxy groups -OCH3 is 1. The molecule has 128 valence electrons. The van der Waals surface area contributed by atoms with Crippen LogP contribution in [-0.4, -0.2) is 44.0 Å². The number of halogens is 1. The van der Waals surface area contributed by atoms with Gasteiger partial charge in [0.1, 0.15) is 11.6 Å². The number of hydrogen-bond acceptors (Lipinski definition) is 5. The highest BCUT2D eigenvalue weighted by Crippen LogP contribution is 2.36. The van der Waals surface area contributed by atoms with E-state index in [0.717, 1.165) is 24.2 Å². The third-order valence-electron chi connectivity index (χ3n) is 4.22. The summed E-state index contributed by atoms with van der Waals surface area (Å²) in [5.41, 5.74) is 0.913. The molecule has 1 amide bonds. The minimum absolute atomic E-state index is 0.0928. The highest BCUT2D eigenvalue weighted by atomic mass is 35.5. The van der Waals surface area contributed by atoms with Crippen molar-refractivity contribution in [3.8, 4) is 5.75 Å². The lowest BCUT2D eigenvalue weighted by atomic mass is 10.1. The SMILES string of the molecule is COc1ccccc1CN(C(=O)CCl)C(C)c1nnnn1C1CC1. The van der Waals surface area contributed by atoms with Gasteiger partial charge in [0.15, 0.2) is 5.82 Å². The molecule has 1 atom stereocenters. The van der Waals surface area contributed by atoms with Crippen molar-refractivity contribution in [3.05, 3.63) is 35.7 Å². The van der Waals surface area contributed by atoms with Gasteiger partial charge in [-0.25, -0.2) is 4.68 Å². The molecule has 8 heteroatoms. The smallest absolute Gasteiger partial charge is 0.238 e. The van der Waals surface area contributed by atoms with Crippen LogP contribution in [0, 0.1) is 0 Å². The van der Waals surface area contributed by atoms with Crippen LogP contribution in [0.1, 0.15) is 43.2 Å². The van der Waals surface area contributed by atoms with Crippen molar-refractivity contribution in [1.82, 2.24) is 25.1 Å². The molecule has 0 spiro atoms. The molecule has 0 aliphatic heterocycles. The minimum atomic E-state index is -0.281. The first-order chi connectivity index (χ1) is 11.7. The van der Waals surface area contributed by atoms with Crippen molar-refractivity contribution in [1.29, 1.82) is 0 Å². The summed E-state index contributed by atoms with van der Waals surface area (Å²) >= 11 is 5.83. The van der Waals surface area contributed by atoms with Crippen LogP contribution in [0.15, 0.2) is 24.3 Å². The maximum absolute atomic E-state index is 12.4. The van der Waals surface area contributed by atoms with E-state index in [1.165, 1.54) is 0 Å². The molecule has 1 heterocycles. The topological polar surface area (TPSA) is 73.1 Å². The maximum Gasteiger partial charge on any atom is 0.238 e. The summed E-state index contributed by atoms with van der Waals surface area (Å²) in [7, 11) is 1.61. The zero-order chi connectivity index (χ0) is 17.1. The molecule has 0 N–H and O–H groups in total. The number of rotatable bonds is 7. The molecule has 0 saturated heterocycles. The minimum Gasteiger partial charge on any atom is -0.496 e. The van der Waals surface area contributed by atoms with E-state index in [2.05, 4.69) is 15.5 Å². The van der Waals surface area contributed by atoms with Crippen LogP contribution in [0.4, 0.5) is 0 Å². The van der Waals surface area contributed by atoms with Crippen molar-refractivity contribution in [2.75, 3.05) is 13.0 Å². The number of ether oxygens (including phenoxy) is 1. The van der Waals surface area contributed by atoms with E-state index in [4.69, 9.17) is 16.3 Å². The lowest BCUT2D eigenvalue weighted by Gasteiger charge is -2.28. The van der Waals surface area contributed by atoms with E-state index >= 15 is 0 Å². The van der Waals surface area contributed by atoms with Gasteiger partial charge < -0.3 is 9.64 Å². The Hall–Kier alpha value is -2.15. The normalized spacial score (nSPS) is 15.1. The van der Waals surface area contributed by atoms with E-state index in [9.17, 15) is 4.79 Å². The third-order valence-corrected chi connectivity index (χ3v) is 4.45. The molecule has 1 aromatic carbocycles. The summed E-state index contributed by atoms with van der Waals surface area (Å²) in [6, 6.07) is 7.68. The van der Waals surface area contributed by atoms with Gasteiger partial charge in [-0.3, -0.25) is 4.79 Å². The molecular weight excluding hydrogens is 330 g/mol. The van der Waals surface area contributed by atoms with Gasteiger partial charge in [-0.15, -0.1) is 16.7 Å². The van der Waals surface area contributed by atoms with Gasteiger partial charge in [-0.05, 0) is 36.3 Å². The Labute approximate surface area is 145 Å². The van der Waals surface area contributed by atoms with Crippen LogP contribution in [0.3, 0.4) is 0 Å². The number of hydrogen-bond donors (Lipinski definition) is 0. The van der Waals surface area contributed by atoms with E-state index in [-0.39, 0.29) is 17.8 Å². The van der Waals surface area contributed by atoms with Crippen LogP contribution in [-0.2, 0) is 11.3 Å². The summed E-state index contributed by atoms with van der Waals surface area (Å²) in [6.07, 6.45) is 2.14. The molecule has 0 bridgehead atoms. The lowest BCUT2D eigenvalue weighted by Crippen LogP contribution is -2.35. The molecule has 1 fully saturated rings. The third kappa shape index (κ3) is 3.36. The standard InChI is InChI=1S/C16H20ClN5O2/c1-11(16-18-19-20-22(16)13-7-8-13)21(15(23)9-17)10-12-5-3-4-6-14(12)24-2/h3-6,11,13H,7-10H2,1-2H3. The second kappa shape index (κ2) is 7.17. The fourth-order valence-electron chi connectivity index (χ4n) is 2.73. The number of aromatic nitrogens is 4. The van der Waals surface area contributed by atoms with Crippen molar-refractivity contribution < 1.29 is 9.53 Å². The molecule has 1 aliphatic rings. The highest BCUT2D eigenvalue weighted by molar-refractivity contribution is 6.27. The molecule has 3 rings (SSSR count). The molecular formula is C16H20ClN5O2. The molecule has 0 radical (unpaired) electrons. The monoisotopic (exact) mass is 349 g/mol. The Balaban J connectivity index is 1.88. The number of para-hydroxylation sites is 1. The summed E-state index contributed by atoms with van der Waals surface area (Å²) in [5.74, 6) is 1.16. The number of amides is 1.